The molecule has 10 heteroatoms. The van der Waals surface area contributed by atoms with Crippen molar-refractivity contribution in [2.75, 3.05) is 24.4 Å². The molecular formula is C25H29FN2O6S. The predicted octanol–water partition coefficient (Wildman–Crippen LogP) is 3.02. The second-order valence-electron chi connectivity index (χ2n) is 9.36. The van der Waals surface area contributed by atoms with E-state index in [2.05, 4.69) is 4.72 Å². The van der Waals surface area contributed by atoms with Crippen molar-refractivity contribution >= 4 is 21.6 Å². The Bertz CT molecular complexity index is 1180. The Labute approximate surface area is 204 Å². The molecule has 0 spiro atoms. The number of aliphatic hydroxyl groups is 1. The number of nitrogens with one attached hydrogen (secondary N) is 1. The zero-order chi connectivity index (χ0) is 24.6. The van der Waals surface area contributed by atoms with Crippen molar-refractivity contribution in [3.63, 3.8) is 0 Å². The summed E-state index contributed by atoms with van der Waals surface area (Å²) in [7, 11) is -3.90. The average Bonchev–Trinajstić information content (AvgIpc) is 3.22. The van der Waals surface area contributed by atoms with Crippen molar-refractivity contribution < 1.29 is 32.2 Å². The highest BCUT2D eigenvalue weighted by Crippen LogP contribution is 2.47. The standard InChI is InChI=1S/C25H29FN2O6S/c26-16-4-7-19(8-5-16)35(31,32)27-17-6-9-22-20(12-17)21-13-18(33-23(15-29)25(21)34-22)14-24(30)28-10-2-1-3-11-28/h4-9,12,18,21,23,25,27,29H,1-3,10-11,13-15H2/t18-,21-,23-,25+/m1/s1. The van der Waals surface area contributed by atoms with E-state index in [-0.39, 0.29) is 35.9 Å². The summed E-state index contributed by atoms with van der Waals surface area (Å²) in [5.41, 5.74) is 1.16. The minimum atomic E-state index is -3.90. The molecule has 0 bridgehead atoms. The summed E-state index contributed by atoms with van der Waals surface area (Å²) in [6, 6.07) is 9.62. The Morgan fingerprint density at radius 3 is 2.57 bits per heavy atom. The van der Waals surface area contributed by atoms with E-state index in [0.29, 0.717) is 17.9 Å². The Hall–Kier alpha value is -2.69. The summed E-state index contributed by atoms with van der Waals surface area (Å²) in [5.74, 6) is 0.000791. The smallest absolute Gasteiger partial charge is 0.261 e. The lowest BCUT2D eigenvalue weighted by molar-refractivity contribution is -0.149. The second kappa shape index (κ2) is 9.75. The van der Waals surface area contributed by atoms with E-state index in [0.717, 1.165) is 50.0 Å². The van der Waals surface area contributed by atoms with E-state index in [1.165, 1.54) is 12.1 Å². The van der Waals surface area contributed by atoms with Crippen LogP contribution in [0.5, 0.6) is 5.75 Å². The molecule has 5 rings (SSSR count). The van der Waals surface area contributed by atoms with Crippen molar-refractivity contribution in [1.82, 2.24) is 4.90 Å². The number of piperidine rings is 1. The van der Waals surface area contributed by atoms with Crippen LogP contribution in [0.1, 0.15) is 43.6 Å². The Balaban J connectivity index is 1.34. The first-order chi connectivity index (χ1) is 16.8. The number of sulfonamides is 1. The molecule has 1 amide bonds. The second-order valence-corrected chi connectivity index (χ2v) is 11.0. The molecule has 2 aromatic rings. The van der Waals surface area contributed by atoms with Gasteiger partial charge in [0.15, 0.2) is 0 Å². The highest BCUT2D eigenvalue weighted by atomic mass is 32.2. The maximum atomic E-state index is 13.2. The maximum absolute atomic E-state index is 13.2. The number of carbonyl (C=O) groups excluding carboxylic acids is 1. The Morgan fingerprint density at radius 1 is 1.11 bits per heavy atom. The highest BCUT2D eigenvalue weighted by Gasteiger charge is 2.46. The zero-order valence-corrected chi connectivity index (χ0v) is 20.0. The van der Waals surface area contributed by atoms with Crippen LogP contribution in [0.3, 0.4) is 0 Å². The average molecular weight is 505 g/mol. The lowest BCUT2D eigenvalue weighted by Crippen LogP contribution is -2.48. The third kappa shape index (κ3) is 5.00. The van der Waals surface area contributed by atoms with E-state index in [4.69, 9.17) is 9.47 Å². The Kier molecular flexibility index (Phi) is 6.69. The van der Waals surface area contributed by atoms with Crippen LogP contribution < -0.4 is 9.46 Å². The van der Waals surface area contributed by atoms with Crippen LogP contribution in [-0.2, 0) is 19.6 Å². The number of amides is 1. The van der Waals surface area contributed by atoms with Gasteiger partial charge in [0.25, 0.3) is 10.0 Å². The number of ether oxygens (including phenoxy) is 2. The third-order valence-corrected chi connectivity index (χ3v) is 8.38. The van der Waals surface area contributed by atoms with Gasteiger partial charge in [0.05, 0.1) is 24.0 Å². The van der Waals surface area contributed by atoms with E-state index in [9.17, 15) is 22.7 Å². The van der Waals surface area contributed by atoms with Gasteiger partial charge in [-0.3, -0.25) is 9.52 Å². The molecule has 0 aromatic heterocycles. The predicted molar refractivity (Wildman–Crippen MR) is 126 cm³/mol. The molecule has 2 N–H and O–H groups in total. The van der Waals surface area contributed by atoms with E-state index in [1.807, 2.05) is 4.90 Å². The molecule has 0 aliphatic carbocycles. The summed E-state index contributed by atoms with van der Waals surface area (Å²) in [5, 5.41) is 9.95. The van der Waals surface area contributed by atoms with Crippen LogP contribution in [0, 0.1) is 5.82 Å². The SMILES string of the molecule is O=C(C[C@H]1C[C@@H]2c3cc(NS(=O)(=O)c4ccc(F)cc4)ccc3O[C@@H]2[C@@H](CO)O1)N1CCCCC1. The van der Waals surface area contributed by atoms with Gasteiger partial charge in [0.1, 0.15) is 23.8 Å². The number of benzene rings is 2. The molecule has 4 atom stereocenters. The highest BCUT2D eigenvalue weighted by molar-refractivity contribution is 7.92. The van der Waals surface area contributed by atoms with Crippen LogP contribution in [0.15, 0.2) is 47.4 Å². The van der Waals surface area contributed by atoms with Gasteiger partial charge in [0, 0.05) is 30.3 Å². The van der Waals surface area contributed by atoms with Crippen molar-refractivity contribution in [2.45, 2.75) is 61.2 Å². The number of halogens is 1. The number of rotatable bonds is 6. The first kappa shape index (κ1) is 24.0. The molecule has 8 nitrogen and oxygen atoms in total. The topological polar surface area (TPSA) is 105 Å². The number of fused-ring (bicyclic) bond motifs is 3. The van der Waals surface area contributed by atoms with E-state index >= 15 is 0 Å². The number of anilines is 1. The van der Waals surface area contributed by atoms with Gasteiger partial charge in [-0.25, -0.2) is 12.8 Å². The first-order valence-corrected chi connectivity index (χ1v) is 13.5. The summed E-state index contributed by atoms with van der Waals surface area (Å²) in [4.78, 5) is 14.7. The number of aliphatic hydroxyl groups excluding tert-OH is 1. The summed E-state index contributed by atoms with van der Waals surface area (Å²) in [6.07, 6.45) is 2.57. The quantitative estimate of drug-likeness (QED) is 0.627. The third-order valence-electron chi connectivity index (χ3n) is 6.99. The normalized spacial score (nSPS) is 25.9. The molecule has 3 aliphatic heterocycles. The molecule has 3 aliphatic rings. The molecule has 2 saturated heterocycles. The van der Waals surface area contributed by atoms with E-state index < -0.39 is 28.0 Å². The number of hydrogen-bond acceptors (Lipinski definition) is 6. The van der Waals surface area contributed by atoms with Gasteiger partial charge >= 0.3 is 0 Å². The van der Waals surface area contributed by atoms with Crippen LogP contribution in [0.25, 0.3) is 0 Å². The van der Waals surface area contributed by atoms with E-state index in [1.54, 1.807) is 18.2 Å². The maximum Gasteiger partial charge on any atom is 0.261 e. The van der Waals surface area contributed by atoms with Gasteiger partial charge < -0.3 is 19.5 Å². The van der Waals surface area contributed by atoms with Crippen LogP contribution >= 0.6 is 0 Å². The number of hydrogen-bond donors (Lipinski definition) is 2. The lowest BCUT2D eigenvalue weighted by Gasteiger charge is -2.38. The largest absolute Gasteiger partial charge is 0.487 e. The van der Waals surface area contributed by atoms with Crippen LogP contribution in [0.2, 0.25) is 0 Å². The summed E-state index contributed by atoms with van der Waals surface area (Å²) >= 11 is 0. The zero-order valence-electron chi connectivity index (χ0n) is 19.2. The van der Waals surface area contributed by atoms with Crippen molar-refractivity contribution in [1.29, 1.82) is 0 Å². The first-order valence-electron chi connectivity index (χ1n) is 12.0. The summed E-state index contributed by atoms with van der Waals surface area (Å²) < 4.78 is 53.4. The van der Waals surface area contributed by atoms with Crippen molar-refractivity contribution in [3.8, 4) is 5.75 Å². The fraction of sp³-hybridized carbons (Fsp3) is 0.480. The summed E-state index contributed by atoms with van der Waals surface area (Å²) in [6.45, 7) is 1.29. The van der Waals surface area contributed by atoms with Gasteiger partial charge in [0.2, 0.25) is 5.91 Å². The molecule has 2 aromatic carbocycles. The number of likely N-dealkylation sites (tertiary alicyclic amines) is 1. The van der Waals surface area contributed by atoms with Gasteiger partial charge in [-0.2, -0.15) is 0 Å². The molecule has 35 heavy (non-hydrogen) atoms. The molecule has 3 heterocycles. The van der Waals surface area contributed by atoms with Crippen molar-refractivity contribution in [3.05, 3.63) is 53.8 Å². The molecule has 0 unspecified atom stereocenters. The molecule has 2 fully saturated rings. The van der Waals surface area contributed by atoms with Gasteiger partial charge in [-0.05, 0) is 68.1 Å². The van der Waals surface area contributed by atoms with Crippen LogP contribution in [0.4, 0.5) is 10.1 Å². The molecule has 188 valence electrons. The minimum absolute atomic E-state index is 0.0452. The fourth-order valence-electron chi connectivity index (χ4n) is 5.25. The van der Waals surface area contributed by atoms with Crippen LogP contribution in [-0.4, -0.2) is 62.3 Å². The number of carbonyl (C=O) groups is 1. The Morgan fingerprint density at radius 2 is 1.86 bits per heavy atom. The lowest BCUT2D eigenvalue weighted by atomic mass is 9.84. The molecule has 0 radical (unpaired) electrons. The monoisotopic (exact) mass is 504 g/mol. The van der Waals surface area contributed by atoms with Gasteiger partial charge in [-0.1, -0.05) is 0 Å². The number of nitrogens with zero attached hydrogens (tertiary/aromatic N) is 1. The fourth-order valence-corrected chi connectivity index (χ4v) is 6.30. The molecule has 0 saturated carbocycles. The minimum Gasteiger partial charge on any atom is -0.487 e. The molecular weight excluding hydrogens is 475 g/mol. The van der Waals surface area contributed by atoms with Gasteiger partial charge in [-0.15, -0.1) is 0 Å². The van der Waals surface area contributed by atoms with Crippen molar-refractivity contribution in [2.24, 2.45) is 0 Å².